The Bertz CT molecular complexity index is 280. The summed E-state index contributed by atoms with van der Waals surface area (Å²) in [5.74, 6) is 0. The summed E-state index contributed by atoms with van der Waals surface area (Å²) in [6.45, 7) is 0. The molecule has 1 rings (SSSR count). The quantitative estimate of drug-likeness (QED) is 0.756. The van der Waals surface area contributed by atoms with Crippen LogP contribution in [0.3, 0.4) is 0 Å². The SMILES string of the molecule is Cn1nncc1C(N)CC(F)(F)F. The number of nitrogens with two attached hydrogens (primary N) is 1. The average Bonchev–Trinajstić information content (AvgIpc) is 2.30. The number of aromatic nitrogens is 3. The molecule has 7 heteroatoms. The summed E-state index contributed by atoms with van der Waals surface area (Å²) in [5, 5.41) is 6.93. The van der Waals surface area contributed by atoms with Crippen molar-refractivity contribution in [3.63, 3.8) is 0 Å². The van der Waals surface area contributed by atoms with Crippen LogP contribution in [0.15, 0.2) is 6.20 Å². The number of alkyl halides is 3. The highest BCUT2D eigenvalue weighted by molar-refractivity contribution is 5.00. The van der Waals surface area contributed by atoms with Crippen LogP contribution in [0.5, 0.6) is 0 Å². The maximum atomic E-state index is 11.9. The molecule has 0 saturated heterocycles. The van der Waals surface area contributed by atoms with Gasteiger partial charge in [0.15, 0.2) is 0 Å². The lowest BCUT2D eigenvalue weighted by atomic mass is 10.1. The van der Waals surface area contributed by atoms with E-state index in [1.807, 2.05) is 0 Å². The highest BCUT2D eigenvalue weighted by Gasteiger charge is 2.32. The summed E-state index contributed by atoms with van der Waals surface area (Å²) in [6, 6.07) is -1.10. The molecule has 0 fully saturated rings. The summed E-state index contributed by atoms with van der Waals surface area (Å²) in [6.07, 6.45) is -4.09. The van der Waals surface area contributed by atoms with Gasteiger partial charge in [0, 0.05) is 7.05 Å². The molecule has 1 aromatic rings. The highest BCUT2D eigenvalue weighted by Crippen LogP contribution is 2.26. The van der Waals surface area contributed by atoms with E-state index in [0.29, 0.717) is 0 Å². The molecule has 1 atom stereocenters. The standard InChI is InChI=1S/C6H9F3N4/c1-13-5(3-11-12-13)4(10)2-6(7,8)9/h3-4H,2,10H2,1H3. The lowest BCUT2D eigenvalue weighted by Crippen LogP contribution is -2.22. The Kier molecular flexibility index (Phi) is 2.55. The molecule has 4 nitrogen and oxygen atoms in total. The predicted molar refractivity (Wildman–Crippen MR) is 38.6 cm³/mol. The van der Waals surface area contributed by atoms with Gasteiger partial charge in [-0.1, -0.05) is 5.21 Å². The Balaban J connectivity index is 2.69. The number of hydrogen-bond acceptors (Lipinski definition) is 3. The lowest BCUT2D eigenvalue weighted by Gasteiger charge is -2.13. The molecule has 1 heterocycles. The second-order valence-electron chi connectivity index (χ2n) is 2.71. The lowest BCUT2D eigenvalue weighted by molar-refractivity contribution is -0.138. The number of halogens is 3. The van der Waals surface area contributed by atoms with E-state index in [4.69, 9.17) is 5.73 Å². The Labute approximate surface area is 72.5 Å². The second kappa shape index (κ2) is 3.33. The molecule has 0 radical (unpaired) electrons. The second-order valence-corrected chi connectivity index (χ2v) is 2.71. The first-order valence-electron chi connectivity index (χ1n) is 3.57. The molecule has 1 unspecified atom stereocenters. The minimum atomic E-state index is -4.26. The van der Waals surface area contributed by atoms with Gasteiger partial charge >= 0.3 is 6.18 Å². The fraction of sp³-hybridized carbons (Fsp3) is 0.667. The summed E-state index contributed by atoms with van der Waals surface area (Å²) < 4.78 is 36.9. The van der Waals surface area contributed by atoms with Crippen molar-refractivity contribution in [2.24, 2.45) is 12.8 Å². The summed E-state index contributed by atoms with van der Waals surface area (Å²) in [5.41, 5.74) is 5.58. The van der Waals surface area contributed by atoms with Crippen LogP contribution >= 0.6 is 0 Å². The monoisotopic (exact) mass is 194 g/mol. The van der Waals surface area contributed by atoms with E-state index < -0.39 is 18.6 Å². The van der Waals surface area contributed by atoms with Crippen molar-refractivity contribution >= 4 is 0 Å². The first-order valence-corrected chi connectivity index (χ1v) is 3.57. The molecular formula is C6H9F3N4. The third-order valence-corrected chi connectivity index (χ3v) is 1.58. The van der Waals surface area contributed by atoms with Gasteiger partial charge in [-0.15, -0.1) is 5.10 Å². The van der Waals surface area contributed by atoms with Crippen LogP contribution in [-0.2, 0) is 7.05 Å². The van der Waals surface area contributed by atoms with Crippen molar-refractivity contribution in [1.29, 1.82) is 0 Å². The summed E-state index contributed by atoms with van der Waals surface area (Å²) in [4.78, 5) is 0. The largest absolute Gasteiger partial charge is 0.390 e. The molecule has 0 amide bonds. The molecule has 0 spiro atoms. The van der Waals surface area contributed by atoms with Crippen LogP contribution in [0.2, 0.25) is 0 Å². The molecule has 0 aliphatic heterocycles. The van der Waals surface area contributed by atoms with E-state index in [2.05, 4.69) is 10.3 Å². The van der Waals surface area contributed by atoms with E-state index in [-0.39, 0.29) is 5.69 Å². The zero-order valence-electron chi connectivity index (χ0n) is 6.91. The van der Waals surface area contributed by atoms with Gasteiger partial charge in [-0.25, -0.2) is 0 Å². The molecule has 0 saturated carbocycles. The molecule has 13 heavy (non-hydrogen) atoms. The zero-order chi connectivity index (χ0) is 10.1. The van der Waals surface area contributed by atoms with Gasteiger partial charge in [0.05, 0.1) is 24.4 Å². The fourth-order valence-corrected chi connectivity index (χ4v) is 0.987. The Morgan fingerprint density at radius 3 is 2.62 bits per heavy atom. The molecule has 2 N–H and O–H groups in total. The Morgan fingerprint density at radius 2 is 2.23 bits per heavy atom. The molecule has 0 aliphatic rings. The van der Waals surface area contributed by atoms with Crippen molar-refractivity contribution < 1.29 is 13.2 Å². The van der Waals surface area contributed by atoms with Gasteiger partial charge in [0.2, 0.25) is 0 Å². The third-order valence-electron chi connectivity index (χ3n) is 1.58. The summed E-state index contributed by atoms with van der Waals surface area (Å²) in [7, 11) is 1.50. The van der Waals surface area contributed by atoms with Crippen LogP contribution in [0, 0.1) is 0 Å². The fourth-order valence-electron chi connectivity index (χ4n) is 0.987. The van der Waals surface area contributed by atoms with Crippen molar-refractivity contribution in [3.8, 4) is 0 Å². The number of hydrogen-bond donors (Lipinski definition) is 1. The van der Waals surface area contributed by atoms with Gasteiger partial charge in [0.25, 0.3) is 0 Å². The highest BCUT2D eigenvalue weighted by atomic mass is 19.4. The van der Waals surface area contributed by atoms with Crippen molar-refractivity contribution in [2.45, 2.75) is 18.6 Å². The van der Waals surface area contributed by atoms with Crippen molar-refractivity contribution in [3.05, 3.63) is 11.9 Å². The van der Waals surface area contributed by atoms with E-state index >= 15 is 0 Å². The molecule has 74 valence electrons. The minimum absolute atomic E-state index is 0.275. The predicted octanol–water partition coefficient (Wildman–Crippen LogP) is 0.767. The number of nitrogens with zero attached hydrogens (tertiary/aromatic N) is 3. The van der Waals surface area contributed by atoms with E-state index in [1.165, 1.54) is 17.9 Å². The molecule has 0 aromatic carbocycles. The third kappa shape index (κ3) is 2.69. The zero-order valence-corrected chi connectivity index (χ0v) is 6.91. The first kappa shape index (κ1) is 9.97. The van der Waals surface area contributed by atoms with Gasteiger partial charge in [-0.3, -0.25) is 4.68 Å². The van der Waals surface area contributed by atoms with Crippen LogP contribution in [0.25, 0.3) is 0 Å². The Hall–Kier alpha value is -1.11. The number of rotatable bonds is 2. The van der Waals surface area contributed by atoms with Gasteiger partial charge in [0.1, 0.15) is 0 Å². The van der Waals surface area contributed by atoms with E-state index in [1.54, 1.807) is 0 Å². The van der Waals surface area contributed by atoms with Gasteiger partial charge in [-0.05, 0) is 0 Å². The molecule has 0 bridgehead atoms. The van der Waals surface area contributed by atoms with Crippen LogP contribution in [0.4, 0.5) is 13.2 Å². The van der Waals surface area contributed by atoms with E-state index in [9.17, 15) is 13.2 Å². The van der Waals surface area contributed by atoms with E-state index in [0.717, 1.165) is 0 Å². The molecule has 1 aromatic heterocycles. The molecular weight excluding hydrogens is 185 g/mol. The van der Waals surface area contributed by atoms with Crippen LogP contribution < -0.4 is 5.73 Å². The smallest absolute Gasteiger partial charge is 0.322 e. The normalized spacial score (nSPS) is 14.5. The van der Waals surface area contributed by atoms with Crippen LogP contribution in [-0.4, -0.2) is 21.2 Å². The molecule has 0 aliphatic carbocycles. The summed E-state index contributed by atoms with van der Waals surface area (Å²) >= 11 is 0. The minimum Gasteiger partial charge on any atom is -0.322 e. The number of aryl methyl sites for hydroxylation is 1. The Morgan fingerprint density at radius 1 is 1.62 bits per heavy atom. The van der Waals surface area contributed by atoms with Gasteiger partial charge < -0.3 is 5.73 Å². The maximum Gasteiger partial charge on any atom is 0.390 e. The maximum absolute atomic E-state index is 11.9. The van der Waals surface area contributed by atoms with Crippen molar-refractivity contribution in [2.75, 3.05) is 0 Å². The average molecular weight is 194 g/mol. The topological polar surface area (TPSA) is 56.7 Å². The van der Waals surface area contributed by atoms with Crippen molar-refractivity contribution in [1.82, 2.24) is 15.0 Å². The van der Waals surface area contributed by atoms with Crippen LogP contribution in [0.1, 0.15) is 18.2 Å². The first-order chi connectivity index (χ1) is 5.90. The van der Waals surface area contributed by atoms with Gasteiger partial charge in [-0.2, -0.15) is 13.2 Å².